The lowest BCUT2D eigenvalue weighted by atomic mass is 10.1. The molecule has 0 unspecified atom stereocenters. The summed E-state index contributed by atoms with van der Waals surface area (Å²) in [4.78, 5) is 27.1. The number of carbonyl (C=O) groups excluding carboxylic acids is 2. The number of ether oxygens (including phenoxy) is 4. The Morgan fingerprint density at radius 1 is 1.10 bits per heavy atom. The van der Waals surface area contributed by atoms with E-state index >= 15 is 0 Å². The maximum atomic E-state index is 12.7. The number of rotatable bonds is 8. The van der Waals surface area contributed by atoms with Crippen molar-refractivity contribution in [3.63, 3.8) is 0 Å². The summed E-state index contributed by atoms with van der Waals surface area (Å²) in [5.74, 6) is 0.580. The average Bonchev–Trinajstić information content (AvgIpc) is 2.76. The Hall–Kier alpha value is -3.26. The van der Waals surface area contributed by atoms with Crippen molar-refractivity contribution in [2.75, 3.05) is 39.8 Å². The van der Waals surface area contributed by atoms with E-state index in [2.05, 4.69) is 5.32 Å². The van der Waals surface area contributed by atoms with Gasteiger partial charge in [-0.2, -0.15) is 0 Å². The van der Waals surface area contributed by atoms with Gasteiger partial charge in [0, 0.05) is 30.9 Å². The molecular weight excluding hydrogens is 388 g/mol. The molecule has 1 heterocycles. The van der Waals surface area contributed by atoms with Crippen LogP contribution in [0.4, 0.5) is 5.69 Å². The van der Waals surface area contributed by atoms with Crippen LogP contribution in [0.25, 0.3) is 0 Å². The number of cyclic esters (lactones) is 1. The van der Waals surface area contributed by atoms with E-state index in [0.29, 0.717) is 42.6 Å². The molecule has 8 heteroatoms. The zero-order valence-corrected chi connectivity index (χ0v) is 17.3. The van der Waals surface area contributed by atoms with Crippen molar-refractivity contribution in [2.24, 2.45) is 0 Å². The molecule has 1 aliphatic rings. The molecule has 0 bridgehead atoms. The number of carbonyl (C=O) groups is 2. The molecule has 0 saturated carbocycles. The third-order valence-corrected chi connectivity index (χ3v) is 4.89. The third kappa shape index (κ3) is 5.01. The molecule has 2 aromatic carbocycles. The van der Waals surface area contributed by atoms with Crippen LogP contribution >= 0.6 is 0 Å². The van der Waals surface area contributed by atoms with Gasteiger partial charge in [-0.05, 0) is 5.56 Å². The number of morpholine rings is 1. The number of hydrogen-bond donors (Lipinski definition) is 1. The van der Waals surface area contributed by atoms with Gasteiger partial charge < -0.3 is 24.3 Å². The summed E-state index contributed by atoms with van der Waals surface area (Å²) >= 11 is 0. The summed E-state index contributed by atoms with van der Waals surface area (Å²) < 4.78 is 21.1. The minimum Gasteiger partial charge on any atom is -0.493 e. The minimum atomic E-state index is -0.652. The van der Waals surface area contributed by atoms with Crippen LogP contribution in [0.1, 0.15) is 12.0 Å². The molecule has 1 atom stereocenters. The van der Waals surface area contributed by atoms with Crippen LogP contribution < -0.4 is 19.5 Å². The lowest BCUT2D eigenvalue weighted by molar-refractivity contribution is -0.159. The number of nitrogens with one attached hydrogen (secondary N) is 1. The fourth-order valence-corrected chi connectivity index (χ4v) is 3.43. The van der Waals surface area contributed by atoms with Gasteiger partial charge in [0.25, 0.3) is 0 Å². The second-order valence-electron chi connectivity index (χ2n) is 6.81. The molecule has 160 valence electrons. The number of anilines is 1. The molecule has 1 N–H and O–H groups in total. The lowest BCUT2D eigenvalue weighted by Gasteiger charge is -2.33. The van der Waals surface area contributed by atoms with E-state index in [0.717, 1.165) is 5.56 Å². The van der Waals surface area contributed by atoms with E-state index in [9.17, 15) is 9.59 Å². The lowest BCUT2D eigenvalue weighted by Crippen LogP contribution is -2.49. The third-order valence-electron chi connectivity index (χ3n) is 4.89. The first-order chi connectivity index (χ1) is 14.5. The van der Waals surface area contributed by atoms with E-state index in [1.54, 1.807) is 12.1 Å². The van der Waals surface area contributed by atoms with E-state index in [4.69, 9.17) is 18.9 Å². The summed E-state index contributed by atoms with van der Waals surface area (Å²) in [5.41, 5.74) is 1.55. The summed E-state index contributed by atoms with van der Waals surface area (Å²) in [6.07, 6.45) is -0.0255. The molecule has 1 aliphatic heterocycles. The van der Waals surface area contributed by atoms with Gasteiger partial charge in [0.2, 0.25) is 11.7 Å². The summed E-state index contributed by atoms with van der Waals surface area (Å²) in [7, 11) is 4.51. The highest BCUT2D eigenvalue weighted by molar-refractivity contribution is 5.95. The molecule has 2 aromatic rings. The fourth-order valence-electron chi connectivity index (χ4n) is 3.43. The van der Waals surface area contributed by atoms with E-state index < -0.39 is 12.0 Å². The summed E-state index contributed by atoms with van der Waals surface area (Å²) in [6, 6.07) is 12.4. The fraction of sp³-hybridized carbons (Fsp3) is 0.364. The standard InChI is InChI=1S/C22H26N2O6/c1-27-18-11-16(12-19(28-2)21(18)29-3)23-20(25)13-17-22(26)30-10-9-24(17)14-15-7-5-4-6-8-15/h4-8,11-12,17H,9-10,13-14H2,1-3H3,(H,23,25)/t17-/m0/s1. The van der Waals surface area contributed by atoms with Gasteiger partial charge in [0.1, 0.15) is 12.6 Å². The van der Waals surface area contributed by atoms with Crippen LogP contribution in [0, 0.1) is 0 Å². The van der Waals surface area contributed by atoms with Gasteiger partial charge >= 0.3 is 5.97 Å². The average molecular weight is 414 g/mol. The maximum absolute atomic E-state index is 12.7. The maximum Gasteiger partial charge on any atom is 0.323 e. The smallest absolute Gasteiger partial charge is 0.323 e. The van der Waals surface area contributed by atoms with Crippen molar-refractivity contribution >= 4 is 17.6 Å². The Morgan fingerprint density at radius 2 is 1.77 bits per heavy atom. The van der Waals surface area contributed by atoms with Gasteiger partial charge in [-0.3, -0.25) is 14.5 Å². The Kier molecular flexibility index (Phi) is 7.13. The number of hydrogen-bond acceptors (Lipinski definition) is 7. The van der Waals surface area contributed by atoms with Crippen molar-refractivity contribution in [1.29, 1.82) is 0 Å². The highest BCUT2D eigenvalue weighted by Crippen LogP contribution is 2.40. The first-order valence-corrected chi connectivity index (χ1v) is 9.60. The zero-order chi connectivity index (χ0) is 21.5. The largest absolute Gasteiger partial charge is 0.493 e. The van der Waals surface area contributed by atoms with Crippen molar-refractivity contribution < 1.29 is 28.5 Å². The van der Waals surface area contributed by atoms with Crippen LogP contribution in [0.5, 0.6) is 17.2 Å². The second kappa shape index (κ2) is 9.98. The van der Waals surface area contributed by atoms with Crippen LogP contribution in [0.2, 0.25) is 0 Å². The minimum absolute atomic E-state index is 0.0255. The van der Waals surface area contributed by atoms with Crippen LogP contribution in [0.3, 0.4) is 0 Å². The summed E-state index contributed by atoms with van der Waals surface area (Å²) in [6.45, 7) is 1.46. The molecule has 0 aromatic heterocycles. The number of methoxy groups -OCH3 is 3. The molecule has 1 fully saturated rings. The topological polar surface area (TPSA) is 86.3 Å². The molecule has 0 spiro atoms. The van der Waals surface area contributed by atoms with Gasteiger partial charge in [0.15, 0.2) is 11.5 Å². The van der Waals surface area contributed by atoms with Gasteiger partial charge in [-0.15, -0.1) is 0 Å². The van der Waals surface area contributed by atoms with Crippen molar-refractivity contribution in [3.8, 4) is 17.2 Å². The normalized spacial score (nSPS) is 16.5. The molecule has 1 amide bonds. The van der Waals surface area contributed by atoms with Crippen molar-refractivity contribution in [2.45, 2.75) is 19.0 Å². The first kappa shape index (κ1) is 21.4. The first-order valence-electron chi connectivity index (χ1n) is 9.60. The van der Waals surface area contributed by atoms with Crippen molar-refractivity contribution in [3.05, 3.63) is 48.0 Å². The van der Waals surface area contributed by atoms with Gasteiger partial charge in [-0.1, -0.05) is 30.3 Å². The van der Waals surface area contributed by atoms with Crippen LogP contribution in [0.15, 0.2) is 42.5 Å². The number of nitrogens with zero attached hydrogens (tertiary/aromatic N) is 1. The van der Waals surface area contributed by atoms with Gasteiger partial charge in [0.05, 0.1) is 27.8 Å². The highest BCUT2D eigenvalue weighted by atomic mass is 16.5. The van der Waals surface area contributed by atoms with Crippen LogP contribution in [-0.4, -0.2) is 57.3 Å². The molecule has 0 radical (unpaired) electrons. The summed E-state index contributed by atoms with van der Waals surface area (Å²) in [5, 5.41) is 2.81. The van der Waals surface area contributed by atoms with Crippen molar-refractivity contribution in [1.82, 2.24) is 4.90 Å². The van der Waals surface area contributed by atoms with Crippen LogP contribution in [-0.2, 0) is 20.9 Å². The predicted molar refractivity (Wildman–Crippen MR) is 111 cm³/mol. The Morgan fingerprint density at radius 3 is 2.37 bits per heavy atom. The molecule has 1 saturated heterocycles. The highest BCUT2D eigenvalue weighted by Gasteiger charge is 2.33. The number of amides is 1. The zero-order valence-electron chi connectivity index (χ0n) is 17.3. The molecule has 3 rings (SSSR count). The van der Waals surface area contributed by atoms with E-state index in [1.165, 1.54) is 21.3 Å². The predicted octanol–water partition coefficient (Wildman–Crippen LogP) is 2.47. The Balaban J connectivity index is 1.72. The number of benzene rings is 2. The quantitative estimate of drug-likeness (QED) is 0.664. The second-order valence-corrected chi connectivity index (χ2v) is 6.81. The number of esters is 1. The molecule has 0 aliphatic carbocycles. The molecule has 8 nitrogen and oxygen atoms in total. The Labute approximate surface area is 175 Å². The van der Waals surface area contributed by atoms with Gasteiger partial charge in [-0.25, -0.2) is 0 Å². The monoisotopic (exact) mass is 414 g/mol. The van der Waals surface area contributed by atoms with E-state index in [1.807, 2.05) is 35.2 Å². The Bertz CT molecular complexity index is 861. The van der Waals surface area contributed by atoms with E-state index in [-0.39, 0.29) is 12.3 Å². The molecule has 30 heavy (non-hydrogen) atoms. The molecular formula is C22H26N2O6. The SMILES string of the molecule is COc1cc(NC(=O)C[C@H]2C(=O)OCCN2Cc2ccccc2)cc(OC)c1OC.